The number of rotatable bonds is 13. The molecule has 0 aliphatic rings. The number of hydrogen-bond acceptors (Lipinski definition) is 4. The molecule has 1 atom stereocenters. The smallest absolute Gasteiger partial charge is 0.219 e. The van der Waals surface area contributed by atoms with E-state index in [0.29, 0.717) is 4.88 Å². The number of fused-ring (bicyclic) bond motifs is 1. The highest BCUT2D eigenvalue weighted by molar-refractivity contribution is 7.19. The maximum Gasteiger partial charge on any atom is 0.219 e. The standard InChI is InChI=1S/C23H35NO3S/c1-3-4-5-6-7-8-9-10-11-19-12-13-21-20(16-19)17-22(28-21)23(27,14-15-25)24-18(2)26/h12-13,16-17,25,27H,3-11,14-15H2,1-2H3,(H,24,26). The summed E-state index contributed by atoms with van der Waals surface area (Å²) in [6.07, 6.45) is 11.7. The van der Waals surface area contributed by atoms with Crippen LogP contribution >= 0.6 is 11.3 Å². The van der Waals surface area contributed by atoms with Gasteiger partial charge in [-0.05, 0) is 35.9 Å². The van der Waals surface area contributed by atoms with Gasteiger partial charge in [-0.15, -0.1) is 11.3 Å². The van der Waals surface area contributed by atoms with Gasteiger partial charge >= 0.3 is 0 Å². The molecule has 0 spiro atoms. The monoisotopic (exact) mass is 405 g/mol. The van der Waals surface area contributed by atoms with Crippen molar-refractivity contribution in [1.82, 2.24) is 5.32 Å². The zero-order valence-corrected chi connectivity index (χ0v) is 18.1. The van der Waals surface area contributed by atoms with E-state index < -0.39 is 5.72 Å². The summed E-state index contributed by atoms with van der Waals surface area (Å²) in [6.45, 7) is 3.42. The number of benzene rings is 1. The topological polar surface area (TPSA) is 69.6 Å². The lowest BCUT2D eigenvalue weighted by atomic mass is 10.0. The van der Waals surface area contributed by atoms with Crippen LogP contribution in [0.15, 0.2) is 24.3 Å². The maximum atomic E-state index is 11.5. The fourth-order valence-corrected chi connectivity index (χ4v) is 4.73. The number of aryl methyl sites for hydroxylation is 1. The molecule has 1 aromatic heterocycles. The number of unbranched alkanes of at least 4 members (excludes halogenated alkanes) is 7. The molecule has 5 heteroatoms. The summed E-state index contributed by atoms with van der Waals surface area (Å²) in [7, 11) is 0. The maximum absolute atomic E-state index is 11.5. The Kier molecular flexibility index (Phi) is 9.42. The SMILES string of the molecule is CCCCCCCCCCc1ccc2sc(C(O)(CCO)NC(C)=O)cc2c1. The number of amides is 1. The van der Waals surface area contributed by atoms with Crippen LogP contribution in [0.3, 0.4) is 0 Å². The molecule has 1 aromatic carbocycles. The van der Waals surface area contributed by atoms with Crippen LogP contribution in [0.1, 0.15) is 82.1 Å². The van der Waals surface area contributed by atoms with Gasteiger partial charge in [-0.2, -0.15) is 0 Å². The number of thiophene rings is 1. The molecule has 2 aromatic rings. The van der Waals surface area contributed by atoms with Gasteiger partial charge in [0.1, 0.15) is 0 Å². The van der Waals surface area contributed by atoms with Crippen molar-refractivity contribution < 1.29 is 15.0 Å². The minimum atomic E-state index is -1.51. The highest BCUT2D eigenvalue weighted by Gasteiger charge is 2.31. The fourth-order valence-electron chi connectivity index (χ4n) is 3.62. The van der Waals surface area contributed by atoms with Gasteiger partial charge in [0.15, 0.2) is 5.72 Å². The van der Waals surface area contributed by atoms with Crippen molar-refractivity contribution in [2.45, 2.75) is 83.8 Å². The Morgan fingerprint density at radius 2 is 1.75 bits per heavy atom. The van der Waals surface area contributed by atoms with E-state index in [2.05, 4.69) is 30.4 Å². The van der Waals surface area contributed by atoms with Gasteiger partial charge < -0.3 is 15.5 Å². The summed E-state index contributed by atoms with van der Waals surface area (Å²) >= 11 is 1.46. The second-order valence-electron chi connectivity index (χ2n) is 7.72. The molecule has 0 aliphatic heterocycles. The van der Waals surface area contributed by atoms with Crippen molar-refractivity contribution in [2.24, 2.45) is 0 Å². The van der Waals surface area contributed by atoms with E-state index in [0.717, 1.165) is 16.5 Å². The largest absolute Gasteiger partial charge is 0.396 e. The summed E-state index contributed by atoms with van der Waals surface area (Å²) < 4.78 is 1.08. The van der Waals surface area contributed by atoms with E-state index in [4.69, 9.17) is 0 Å². The van der Waals surface area contributed by atoms with Gasteiger partial charge in [0, 0.05) is 24.7 Å². The number of nitrogens with one attached hydrogen (secondary N) is 1. The van der Waals surface area contributed by atoms with Crippen LogP contribution in [0.4, 0.5) is 0 Å². The quantitative estimate of drug-likeness (QED) is 0.315. The third-order valence-electron chi connectivity index (χ3n) is 5.16. The van der Waals surface area contributed by atoms with Crippen molar-refractivity contribution >= 4 is 27.3 Å². The molecule has 0 bridgehead atoms. The Morgan fingerprint density at radius 1 is 1.07 bits per heavy atom. The van der Waals surface area contributed by atoms with Gasteiger partial charge in [-0.3, -0.25) is 4.79 Å². The van der Waals surface area contributed by atoms with Gasteiger partial charge in [-0.25, -0.2) is 0 Å². The van der Waals surface area contributed by atoms with E-state index in [9.17, 15) is 15.0 Å². The van der Waals surface area contributed by atoms with Gasteiger partial charge in [0.2, 0.25) is 5.91 Å². The van der Waals surface area contributed by atoms with Crippen molar-refractivity contribution in [1.29, 1.82) is 0 Å². The van der Waals surface area contributed by atoms with Crippen LogP contribution in [0.2, 0.25) is 0 Å². The van der Waals surface area contributed by atoms with Crippen LogP contribution < -0.4 is 5.32 Å². The minimum absolute atomic E-state index is 0.0739. The van der Waals surface area contributed by atoms with Gasteiger partial charge in [-0.1, -0.05) is 64.0 Å². The van der Waals surface area contributed by atoms with Gasteiger partial charge in [0.25, 0.3) is 0 Å². The molecule has 1 amide bonds. The molecule has 3 N–H and O–H groups in total. The number of aliphatic hydroxyl groups excluding tert-OH is 1. The molecule has 0 saturated carbocycles. The molecule has 0 radical (unpaired) electrons. The van der Waals surface area contributed by atoms with Crippen LogP contribution in [-0.2, 0) is 16.9 Å². The summed E-state index contributed by atoms with van der Waals surface area (Å²) in [5.74, 6) is -0.316. The van der Waals surface area contributed by atoms with E-state index in [1.54, 1.807) is 0 Å². The van der Waals surface area contributed by atoms with Crippen LogP contribution in [0.5, 0.6) is 0 Å². The first-order valence-electron chi connectivity index (χ1n) is 10.6. The Bertz CT molecular complexity index is 743. The molecule has 1 unspecified atom stereocenters. The third-order valence-corrected chi connectivity index (χ3v) is 6.43. The van der Waals surface area contributed by atoms with Crippen molar-refractivity contribution in [3.63, 3.8) is 0 Å². The first kappa shape index (κ1) is 22.9. The second-order valence-corrected chi connectivity index (χ2v) is 8.81. The first-order chi connectivity index (χ1) is 13.5. The van der Waals surface area contributed by atoms with E-state index in [1.165, 1.54) is 75.2 Å². The molecule has 28 heavy (non-hydrogen) atoms. The first-order valence-corrected chi connectivity index (χ1v) is 11.4. The lowest BCUT2D eigenvalue weighted by Crippen LogP contribution is -2.45. The van der Waals surface area contributed by atoms with E-state index >= 15 is 0 Å². The van der Waals surface area contributed by atoms with Crippen molar-refractivity contribution in [2.75, 3.05) is 6.61 Å². The van der Waals surface area contributed by atoms with Crippen LogP contribution in [-0.4, -0.2) is 22.7 Å². The predicted molar refractivity (Wildman–Crippen MR) is 118 cm³/mol. The predicted octanol–water partition coefficient (Wildman–Crippen LogP) is 5.25. The summed E-state index contributed by atoms with van der Waals surface area (Å²) in [6, 6.07) is 8.37. The Morgan fingerprint density at radius 3 is 2.39 bits per heavy atom. The van der Waals surface area contributed by atoms with Crippen molar-refractivity contribution in [3.05, 3.63) is 34.7 Å². The summed E-state index contributed by atoms with van der Waals surface area (Å²) in [4.78, 5) is 12.1. The highest BCUT2D eigenvalue weighted by atomic mass is 32.1. The normalized spacial score (nSPS) is 13.6. The molecular formula is C23H35NO3S. The molecule has 4 nitrogen and oxygen atoms in total. The Balaban J connectivity index is 1.93. The zero-order chi connectivity index (χ0) is 20.4. The third kappa shape index (κ3) is 6.87. The number of aliphatic hydroxyl groups is 2. The zero-order valence-electron chi connectivity index (χ0n) is 17.3. The molecule has 156 valence electrons. The molecule has 0 fully saturated rings. The second kappa shape index (κ2) is 11.5. The Hall–Kier alpha value is -1.43. The fraction of sp³-hybridized carbons (Fsp3) is 0.609. The Labute approximate surface area is 173 Å². The molecule has 2 rings (SSSR count). The van der Waals surface area contributed by atoms with E-state index in [1.807, 2.05) is 6.07 Å². The van der Waals surface area contributed by atoms with Crippen LogP contribution in [0.25, 0.3) is 10.1 Å². The van der Waals surface area contributed by atoms with Crippen LogP contribution in [0, 0.1) is 0 Å². The number of hydrogen-bond donors (Lipinski definition) is 3. The minimum Gasteiger partial charge on any atom is -0.396 e. The van der Waals surface area contributed by atoms with E-state index in [-0.39, 0.29) is 18.9 Å². The number of carbonyl (C=O) groups is 1. The average Bonchev–Trinajstić information content (AvgIpc) is 3.08. The van der Waals surface area contributed by atoms with Gasteiger partial charge in [0.05, 0.1) is 4.88 Å². The highest BCUT2D eigenvalue weighted by Crippen LogP contribution is 2.34. The molecule has 1 heterocycles. The summed E-state index contributed by atoms with van der Waals surface area (Å²) in [5, 5.41) is 23.8. The lowest BCUT2D eigenvalue weighted by molar-refractivity contribution is -0.128. The molecule has 0 saturated heterocycles. The molecular weight excluding hydrogens is 370 g/mol. The number of carbonyl (C=O) groups excluding carboxylic acids is 1. The summed E-state index contributed by atoms with van der Waals surface area (Å²) in [5.41, 5.74) is -0.199. The lowest BCUT2D eigenvalue weighted by Gasteiger charge is -2.26. The molecule has 0 aliphatic carbocycles. The van der Waals surface area contributed by atoms with Crippen molar-refractivity contribution in [3.8, 4) is 0 Å². The average molecular weight is 406 g/mol.